The molecule has 0 radical (unpaired) electrons. The van der Waals surface area contributed by atoms with Gasteiger partial charge in [0.15, 0.2) is 0 Å². The number of hydrogen-bond acceptors (Lipinski definition) is 4. The summed E-state index contributed by atoms with van der Waals surface area (Å²) in [6.07, 6.45) is 0. The monoisotopic (exact) mass is 210 g/mol. The highest BCUT2D eigenvalue weighted by atomic mass is 16.5. The van der Waals surface area contributed by atoms with Crippen LogP contribution in [0.2, 0.25) is 0 Å². The second-order valence-corrected chi connectivity index (χ2v) is 2.94. The lowest BCUT2D eigenvalue weighted by Gasteiger charge is -2.09. The molecule has 1 aromatic rings. The van der Waals surface area contributed by atoms with Crippen molar-refractivity contribution < 1.29 is 14.6 Å². The number of nitrogens with two attached hydrogens (primary N) is 1. The number of nitrogen functional groups attached to an aromatic ring is 1. The summed E-state index contributed by atoms with van der Waals surface area (Å²) in [5.41, 5.74) is 6.42. The number of benzene rings is 1. The molecule has 4 N–H and O–H groups in total. The predicted molar refractivity (Wildman–Crippen MR) is 56.8 cm³/mol. The third kappa shape index (κ3) is 2.85. The lowest BCUT2D eigenvalue weighted by Crippen LogP contribution is -2.26. The first-order valence-corrected chi connectivity index (χ1v) is 4.51. The molecule has 0 heterocycles. The van der Waals surface area contributed by atoms with Crippen molar-refractivity contribution in [1.82, 2.24) is 5.32 Å². The quantitative estimate of drug-likeness (QED) is 0.611. The van der Waals surface area contributed by atoms with Gasteiger partial charge < -0.3 is 20.9 Å². The molecule has 0 aliphatic heterocycles. The maximum absolute atomic E-state index is 11.6. The average Bonchev–Trinajstić information content (AvgIpc) is 2.25. The Morgan fingerprint density at radius 3 is 2.93 bits per heavy atom. The first-order valence-electron chi connectivity index (χ1n) is 4.51. The second kappa shape index (κ2) is 5.21. The summed E-state index contributed by atoms with van der Waals surface area (Å²) in [5, 5.41) is 11.1. The molecule has 0 spiro atoms. The zero-order chi connectivity index (χ0) is 11.3. The Morgan fingerprint density at radius 2 is 2.33 bits per heavy atom. The van der Waals surface area contributed by atoms with Crippen LogP contribution in [-0.2, 0) is 0 Å². The van der Waals surface area contributed by atoms with Crippen molar-refractivity contribution >= 4 is 11.6 Å². The van der Waals surface area contributed by atoms with Crippen LogP contribution in [-0.4, -0.2) is 31.3 Å². The first-order chi connectivity index (χ1) is 7.19. The summed E-state index contributed by atoms with van der Waals surface area (Å²) in [6, 6.07) is 4.82. The first kappa shape index (κ1) is 11.3. The van der Waals surface area contributed by atoms with E-state index in [-0.39, 0.29) is 19.1 Å². The summed E-state index contributed by atoms with van der Waals surface area (Å²) in [4.78, 5) is 11.6. The molecule has 1 rings (SSSR count). The molecule has 0 atom stereocenters. The van der Waals surface area contributed by atoms with Crippen LogP contribution in [0.15, 0.2) is 18.2 Å². The van der Waals surface area contributed by atoms with Crippen LogP contribution in [0.4, 0.5) is 5.69 Å². The van der Waals surface area contributed by atoms with E-state index in [4.69, 9.17) is 15.6 Å². The number of methoxy groups -OCH3 is 1. The average molecular weight is 210 g/mol. The maximum Gasteiger partial charge on any atom is 0.255 e. The van der Waals surface area contributed by atoms with E-state index in [1.54, 1.807) is 12.1 Å². The van der Waals surface area contributed by atoms with Gasteiger partial charge in [0.1, 0.15) is 5.75 Å². The van der Waals surface area contributed by atoms with E-state index in [1.165, 1.54) is 13.2 Å². The molecule has 0 fully saturated rings. The van der Waals surface area contributed by atoms with Gasteiger partial charge in [-0.05, 0) is 18.2 Å². The van der Waals surface area contributed by atoms with Crippen LogP contribution < -0.4 is 15.8 Å². The number of aliphatic hydroxyl groups is 1. The van der Waals surface area contributed by atoms with Gasteiger partial charge in [-0.1, -0.05) is 0 Å². The number of amides is 1. The summed E-state index contributed by atoms with van der Waals surface area (Å²) < 4.78 is 5.02. The number of carbonyl (C=O) groups is 1. The minimum absolute atomic E-state index is 0.101. The SMILES string of the molecule is COc1ccc(N)cc1C(=O)NCCO. The number of rotatable bonds is 4. The van der Waals surface area contributed by atoms with Crippen LogP contribution in [0.25, 0.3) is 0 Å². The summed E-state index contributed by atoms with van der Waals surface area (Å²) in [6.45, 7) is 0.104. The zero-order valence-corrected chi connectivity index (χ0v) is 8.49. The van der Waals surface area contributed by atoms with Gasteiger partial charge in [0.25, 0.3) is 5.91 Å². The van der Waals surface area contributed by atoms with Crippen LogP contribution in [0.5, 0.6) is 5.75 Å². The number of hydrogen-bond donors (Lipinski definition) is 3. The Balaban J connectivity index is 2.90. The van der Waals surface area contributed by atoms with Crippen LogP contribution in [0.3, 0.4) is 0 Å². The summed E-state index contributed by atoms with van der Waals surface area (Å²) in [7, 11) is 1.48. The number of nitrogens with one attached hydrogen (secondary N) is 1. The minimum Gasteiger partial charge on any atom is -0.496 e. The van der Waals surface area contributed by atoms with Crippen LogP contribution >= 0.6 is 0 Å². The van der Waals surface area contributed by atoms with Crippen molar-refractivity contribution in [2.45, 2.75) is 0 Å². The van der Waals surface area contributed by atoms with Crippen molar-refractivity contribution in [2.24, 2.45) is 0 Å². The van der Waals surface area contributed by atoms with Crippen LogP contribution in [0.1, 0.15) is 10.4 Å². The van der Waals surface area contributed by atoms with E-state index >= 15 is 0 Å². The number of anilines is 1. The fourth-order valence-corrected chi connectivity index (χ4v) is 1.17. The molecular formula is C10H14N2O3. The topological polar surface area (TPSA) is 84.6 Å². The van der Waals surface area contributed by atoms with E-state index in [9.17, 15) is 4.79 Å². The highest BCUT2D eigenvalue weighted by Gasteiger charge is 2.11. The highest BCUT2D eigenvalue weighted by molar-refractivity contribution is 5.97. The molecule has 0 saturated carbocycles. The molecule has 0 aromatic heterocycles. The van der Waals surface area contributed by atoms with E-state index in [1.807, 2.05) is 0 Å². The predicted octanol–water partition coefficient (Wildman–Crippen LogP) is -0.000500. The molecule has 15 heavy (non-hydrogen) atoms. The summed E-state index contributed by atoms with van der Waals surface area (Å²) >= 11 is 0. The Labute approximate surface area is 87.9 Å². The number of aliphatic hydroxyl groups excluding tert-OH is 1. The smallest absolute Gasteiger partial charge is 0.255 e. The standard InChI is InChI=1S/C10H14N2O3/c1-15-9-3-2-7(11)6-8(9)10(14)12-4-5-13/h2-3,6,13H,4-5,11H2,1H3,(H,12,14). The second-order valence-electron chi connectivity index (χ2n) is 2.94. The maximum atomic E-state index is 11.6. The number of ether oxygens (including phenoxy) is 1. The van der Waals surface area contributed by atoms with Crippen LogP contribution in [0, 0.1) is 0 Å². The molecule has 1 amide bonds. The molecule has 0 bridgehead atoms. The highest BCUT2D eigenvalue weighted by Crippen LogP contribution is 2.20. The van der Waals surface area contributed by atoms with E-state index in [2.05, 4.69) is 5.32 Å². The molecule has 0 unspecified atom stereocenters. The molecule has 5 nitrogen and oxygen atoms in total. The molecule has 82 valence electrons. The van der Waals surface area contributed by atoms with Crippen molar-refractivity contribution in [3.8, 4) is 5.75 Å². The Bertz CT molecular complexity index is 353. The van der Waals surface area contributed by atoms with Gasteiger partial charge in [-0.2, -0.15) is 0 Å². The van der Waals surface area contributed by atoms with E-state index < -0.39 is 0 Å². The summed E-state index contributed by atoms with van der Waals surface area (Å²) in [5.74, 6) is 0.146. The van der Waals surface area contributed by atoms with Gasteiger partial charge in [0.05, 0.1) is 19.3 Å². The lowest BCUT2D eigenvalue weighted by molar-refractivity contribution is 0.0942. The van der Waals surface area contributed by atoms with E-state index in [0.29, 0.717) is 17.0 Å². The van der Waals surface area contributed by atoms with Crippen molar-refractivity contribution in [3.05, 3.63) is 23.8 Å². The molecule has 5 heteroatoms. The fourth-order valence-electron chi connectivity index (χ4n) is 1.17. The molecular weight excluding hydrogens is 196 g/mol. The van der Waals surface area contributed by atoms with Crippen molar-refractivity contribution in [3.63, 3.8) is 0 Å². The third-order valence-corrected chi connectivity index (χ3v) is 1.87. The van der Waals surface area contributed by atoms with Gasteiger partial charge >= 0.3 is 0 Å². The molecule has 1 aromatic carbocycles. The van der Waals surface area contributed by atoms with Gasteiger partial charge in [-0.25, -0.2) is 0 Å². The molecule has 0 aliphatic carbocycles. The van der Waals surface area contributed by atoms with Gasteiger partial charge in [-0.15, -0.1) is 0 Å². The van der Waals surface area contributed by atoms with E-state index in [0.717, 1.165) is 0 Å². The normalized spacial score (nSPS) is 9.73. The lowest BCUT2D eigenvalue weighted by atomic mass is 10.1. The Hall–Kier alpha value is -1.75. The third-order valence-electron chi connectivity index (χ3n) is 1.87. The fraction of sp³-hybridized carbons (Fsp3) is 0.300. The Morgan fingerprint density at radius 1 is 1.60 bits per heavy atom. The van der Waals surface area contributed by atoms with Gasteiger partial charge in [0, 0.05) is 12.2 Å². The van der Waals surface area contributed by atoms with Gasteiger partial charge in [-0.3, -0.25) is 4.79 Å². The zero-order valence-electron chi connectivity index (χ0n) is 8.49. The molecule has 0 saturated heterocycles. The van der Waals surface area contributed by atoms with Gasteiger partial charge in [0.2, 0.25) is 0 Å². The van der Waals surface area contributed by atoms with Crippen molar-refractivity contribution in [1.29, 1.82) is 0 Å². The number of carbonyl (C=O) groups excluding carboxylic acids is 1. The largest absolute Gasteiger partial charge is 0.496 e. The Kier molecular flexibility index (Phi) is 3.93. The van der Waals surface area contributed by atoms with Crippen molar-refractivity contribution in [2.75, 3.05) is 26.0 Å². The molecule has 0 aliphatic rings. The minimum atomic E-state index is -0.312.